The van der Waals surface area contributed by atoms with Gasteiger partial charge in [0, 0.05) is 25.3 Å². The molecule has 1 aliphatic heterocycles. The normalized spacial score (nSPS) is 26.8. The second-order valence-electron chi connectivity index (χ2n) is 5.29. The van der Waals surface area contributed by atoms with E-state index in [1.807, 2.05) is 6.20 Å². The van der Waals surface area contributed by atoms with Crippen LogP contribution in [0.5, 0.6) is 0 Å². The molecule has 0 amide bonds. The largest absolute Gasteiger partial charge is 0.353 e. The van der Waals surface area contributed by atoms with Gasteiger partial charge in [-0.3, -0.25) is 0 Å². The van der Waals surface area contributed by atoms with E-state index in [1.54, 1.807) is 0 Å². The number of fused-ring (bicyclic) bond motifs is 2. The van der Waals surface area contributed by atoms with E-state index in [0.717, 1.165) is 25.0 Å². The highest BCUT2D eigenvalue weighted by atomic mass is 15.2. The van der Waals surface area contributed by atoms with Crippen molar-refractivity contribution in [3.63, 3.8) is 0 Å². The SMILES string of the molecule is CCNCc1ccc(N2CC3CCC2C3)nc1. The van der Waals surface area contributed by atoms with E-state index in [-0.39, 0.29) is 0 Å². The third-order valence-corrected chi connectivity index (χ3v) is 4.09. The molecule has 17 heavy (non-hydrogen) atoms. The topological polar surface area (TPSA) is 28.2 Å². The zero-order valence-corrected chi connectivity index (χ0v) is 10.5. The van der Waals surface area contributed by atoms with Gasteiger partial charge in [-0.1, -0.05) is 13.0 Å². The summed E-state index contributed by atoms with van der Waals surface area (Å²) in [4.78, 5) is 7.12. The maximum atomic E-state index is 4.62. The van der Waals surface area contributed by atoms with E-state index in [9.17, 15) is 0 Å². The molecule has 2 fully saturated rings. The van der Waals surface area contributed by atoms with Crippen LogP contribution in [-0.2, 0) is 6.54 Å². The smallest absolute Gasteiger partial charge is 0.128 e. The van der Waals surface area contributed by atoms with Gasteiger partial charge in [-0.25, -0.2) is 4.98 Å². The molecule has 1 aromatic rings. The van der Waals surface area contributed by atoms with Gasteiger partial charge in [0.2, 0.25) is 0 Å². The maximum Gasteiger partial charge on any atom is 0.128 e. The van der Waals surface area contributed by atoms with Crippen molar-refractivity contribution in [2.75, 3.05) is 18.0 Å². The molecule has 2 atom stereocenters. The molecule has 0 radical (unpaired) electrons. The van der Waals surface area contributed by atoms with Crippen LogP contribution in [0.3, 0.4) is 0 Å². The second-order valence-corrected chi connectivity index (χ2v) is 5.29. The molecule has 3 rings (SSSR count). The molecule has 0 aromatic carbocycles. The van der Waals surface area contributed by atoms with E-state index in [2.05, 4.69) is 34.3 Å². The number of hydrogen-bond donors (Lipinski definition) is 1. The summed E-state index contributed by atoms with van der Waals surface area (Å²) in [5.74, 6) is 2.11. The fourth-order valence-electron chi connectivity index (χ4n) is 3.17. The summed E-state index contributed by atoms with van der Waals surface area (Å²) in [6.07, 6.45) is 6.20. The Labute approximate surface area is 103 Å². The molecule has 2 unspecified atom stereocenters. The fourth-order valence-corrected chi connectivity index (χ4v) is 3.17. The number of piperidine rings is 1. The Morgan fingerprint density at radius 2 is 2.35 bits per heavy atom. The van der Waals surface area contributed by atoms with Crippen LogP contribution >= 0.6 is 0 Å². The standard InChI is InChI=1S/C14H21N3/c1-2-15-8-12-4-6-14(16-9-12)17-10-11-3-5-13(17)7-11/h4,6,9,11,13,15H,2-3,5,7-8,10H2,1H3. The highest BCUT2D eigenvalue weighted by Crippen LogP contribution is 2.39. The molecule has 1 N–H and O–H groups in total. The average Bonchev–Trinajstić information content (AvgIpc) is 2.99. The lowest BCUT2D eigenvalue weighted by atomic mass is 10.1. The molecule has 92 valence electrons. The molecule has 1 aromatic heterocycles. The highest BCUT2D eigenvalue weighted by Gasteiger charge is 2.38. The molecule has 3 nitrogen and oxygen atoms in total. The lowest BCUT2D eigenvalue weighted by Gasteiger charge is -2.28. The Kier molecular flexibility index (Phi) is 3.02. The first-order valence-electron chi connectivity index (χ1n) is 6.79. The Balaban J connectivity index is 1.68. The lowest BCUT2D eigenvalue weighted by molar-refractivity contribution is 0.550. The van der Waals surface area contributed by atoms with Crippen molar-refractivity contribution in [1.29, 1.82) is 0 Å². The summed E-state index contributed by atoms with van der Waals surface area (Å²) in [7, 11) is 0. The van der Waals surface area contributed by atoms with Gasteiger partial charge in [0.25, 0.3) is 0 Å². The number of rotatable bonds is 4. The number of hydrogen-bond acceptors (Lipinski definition) is 3. The Hall–Kier alpha value is -1.09. The minimum absolute atomic E-state index is 0.770. The zero-order valence-electron chi connectivity index (χ0n) is 10.5. The minimum atomic E-state index is 0.770. The number of nitrogens with one attached hydrogen (secondary N) is 1. The number of nitrogens with zero attached hydrogens (tertiary/aromatic N) is 2. The molecule has 2 aliphatic rings. The van der Waals surface area contributed by atoms with Gasteiger partial charge in [0.05, 0.1) is 0 Å². The molecule has 0 spiro atoms. The van der Waals surface area contributed by atoms with Gasteiger partial charge in [-0.15, -0.1) is 0 Å². The lowest BCUT2D eigenvalue weighted by Crippen LogP contribution is -2.32. The quantitative estimate of drug-likeness (QED) is 0.861. The van der Waals surface area contributed by atoms with E-state index in [1.165, 1.54) is 37.2 Å². The first-order chi connectivity index (χ1) is 8.36. The van der Waals surface area contributed by atoms with E-state index < -0.39 is 0 Å². The molecule has 2 heterocycles. The Morgan fingerprint density at radius 3 is 2.94 bits per heavy atom. The Bertz CT molecular complexity index is 374. The van der Waals surface area contributed by atoms with E-state index >= 15 is 0 Å². The van der Waals surface area contributed by atoms with Crippen molar-refractivity contribution in [3.8, 4) is 0 Å². The van der Waals surface area contributed by atoms with Gasteiger partial charge >= 0.3 is 0 Å². The van der Waals surface area contributed by atoms with Crippen LogP contribution in [0.25, 0.3) is 0 Å². The summed E-state index contributed by atoms with van der Waals surface area (Å²) in [5, 5.41) is 3.33. The predicted octanol–water partition coefficient (Wildman–Crippen LogP) is 2.18. The number of anilines is 1. The van der Waals surface area contributed by atoms with Crippen LogP contribution in [0.1, 0.15) is 31.7 Å². The minimum Gasteiger partial charge on any atom is -0.353 e. The number of aromatic nitrogens is 1. The summed E-state index contributed by atoms with van der Waals surface area (Å²) < 4.78 is 0. The van der Waals surface area contributed by atoms with Crippen LogP contribution in [0.15, 0.2) is 18.3 Å². The second kappa shape index (κ2) is 4.65. The van der Waals surface area contributed by atoms with Gasteiger partial charge in [0.15, 0.2) is 0 Å². The van der Waals surface area contributed by atoms with Gasteiger partial charge in [-0.2, -0.15) is 0 Å². The molecular formula is C14H21N3. The third-order valence-electron chi connectivity index (χ3n) is 4.09. The molecular weight excluding hydrogens is 210 g/mol. The first kappa shape index (κ1) is 11.0. The zero-order chi connectivity index (χ0) is 11.7. The van der Waals surface area contributed by atoms with Crippen LogP contribution < -0.4 is 10.2 Å². The van der Waals surface area contributed by atoms with E-state index in [0.29, 0.717) is 0 Å². The summed E-state index contributed by atoms with van der Waals surface area (Å²) in [6.45, 7) is 5.29. The summed E-state index contributed by atoms with van der Waals surface area (Å²) in [6, 6.07) is 5.16. The molecule has 1 saturated heterocycles. The molecule has 1 saturated carbocycles. The van der Waals surface area contributed by atoms with Crippen LogP contribution in [0.4, 0.5) is 5.82 Å². The van der Waals surface area contributed by atoms with Crippen LogP contribution in [-0.4, -0.2) is 24.1 Å². The van der Waals surface area contributed by atoms with Gasteiger partial charge in [0.1, 0.15) is 5.82 Å². The average molecular weight is 231 g/mol. The third kappa shape index (κ3) is 2.16. The van der Waals surface area contributed by atoms with Crippen molar-refractivity contribution in [1.82, 2.24) is 10.3 Å². The Morgan fingerprint density at radius 1 is 1.41 bits per heavy atom. The van der Waals surface area contributed by atoms with Crippen molar-refractivity contribution in [3.05, 3.63) is 23.9 Å². The molecule has 3 heteroatoms. The summed E-state index contributed by atoms with van der Waals surface area (Å²) in [5.41, 5.74) is 1.28. The monoisotopic (exact) mass is 231 g/mol. The van der Waals surface area contributed by atoms with Crippen molar-refractivity contribution in [2.24, 2.45) is 5.92 Å². The molecule has 1 aliphatic carbocycles. The van der Waals surface area contributed by atoms with Crippen molar-refractivity contribution < 1.29 is 0 Å². The van der Waals surface area contributed by atoms with Crippen molar-refractivity contribution >= 4 is 5.82 Å². The van der Waals surface area contributed by atoms with Crippen LogP contribution in [0.2, 0.25) is 0 Å². The number of pyridine rings is 1. The maximum absolute atomic E-state index is 4.62. The van der Waals surface area contributed by atoms with Crippen LogP contribution in [0, 0.1) is 5.92 Å². The summed E-state index contributed by atoms with van der Waals surface area (Å²) >= 11 is 0. The first-order valence-corrected chi connectivity index (χ1v) is 6.79. The molecule has 2 bridgehead atoms. The van der Waals surface area contributed by atoms with Gasteiger partial charge in [-0.05, 0) is 43.4 Å². The van der Waals surface area contributed by atoms with Crippen molar-refractivity contribution in [2.45, 2.75) is 38.8 Å². The van der Waals surface area contributed by atoms with E-state index in [4.69, 9.17) is 0 Å². The highest BCUT2D eigenvalue weighted by molar-refractivity contribution is 5.43. The predicted molar refractivity (Wildman–Crippen MR) is 70.1 cm³/mol. The van der Waals surface area contributed by atoms with Gasteiger partial charge < -0.3 is 10.2 Å². The fraction of sp³-hybridized carbons (Fsp3) is 0.643.